The van der Waals surface area contributed by atoms with E-state index in [4.69, 9.17) is 4.74 Å². The number of aryl methyl sites for hydroxylation is 1. The minimum Gasteiger partial charge on any atom is -0.479 e. The molecule has 33 heavy (non-hydrogen) atoms. The highest BCUT2D eigenvalue weighted by molar-refractivity contribution is 7.17. The van der Waals surface area contributed by atoms with Gasteiger partial charge < -0.3 is 9.64 Å². The molecule has 1 aromatic carbocycles. The van der Waals surface area contributed by atoms with Gasteiger partial charge >= 0.3 is 0 Å². The summed E-state index contributed by atoms with van der Waals surface area (Å²) < 4.78 is 5.68. The summed E-state index contributed by atoms with van der Waals surface area (Å²) in [6.07, 6.45) is 2.89. The van der Waals surface area contributed by atoms with Crippen molar-refractivity contribution in [3.8, 4) is 27.6 Å². The molecule has 5 rings (SSSR count). The number of hydrogen-bond acceptors (Lipinski definition) is 8. The molecule has 0 aliphatic carbocycles. The van der Waals surface area contributed by atoms with Gasteiger partial charge in [0.15, 0.2) is 11.2 Å². The van der Waals surface area contributed by atoms with E-state index in [9.17, 15) is 9.59 Å². The van der Waals surface area contributed by atoms with Gasteiger partial charge in [0, 0.05) is 35.9 Å². The molecule has 1 N–H and O–H groups in total. The molecule has 1 aliphatic rings. The average Bonchev–Trinajstić information content (AvgIpc) is 3.45. The smallest absolute Gasteiger partial charge is 0.269 e. The molecule has 3 aromatic heterocycles. The lowest BCUT2D eigenvalue weighted by atomic mass is 10.1. The Morgan fingerprint density at radius 1 is 1.15 bits per heavy atom. The highest BCUT2D eigenvalue weighted by Crippen LogP contribution is 2.37. The zero-order valence-corrected chi connectivity index (χ0v) is 19.7. The van der Waals surface area contributed by atoms with Crippen LogP contribution >= 0.6 is 22.7 Å². The van der Waals surface area contributed by atoms with Crippen LogP contribution in [0.25, 0.3) is 21.8 Å². The number of ether oxygens (including phenoxy) is 1. The van der Waals surface area contributed by atoms with Crippen molar-refractivity contribution in [2.75, 3.05) is 17.3 Å². The third-order valence-corrected chi connectivity index (χ3v) is 7.22. The Kier molecular flexibility index (Phi) is 5.39. The lowest BCUT2D eigenvalue weighted by molar-refractivity contribution is -0.125. The van der Waals surface area contributed by atoms with E-state index < -0.39 is 6.10 Å². The van der Waals surface area contributed by atoms with E-state index in [2.05, 4.69) is 20.3 Å². The van der Waals surface area contributed by atoms with Gasteiger partial charge in [-0.25, -0.2) is 9.97 Å². The molecule has 166 valence electrons. The van der Waals surface area contributed by atoms with E-state index >= 15 is 0 Å². The Morgan fingerprint density at radius 2 is 1.94 bits per heavy atom. The zero-order chi connectivity index (χ0) is 23.1. The molecule has 1 atom stereocenters. The van der Waals surface area contributed by atoms with Crippen LogP contribution in [0.1, 0.15) is 22.3 Å². The van der Waals surface area contributed by atoms with Crippen molar-refractivity contribution in [3.05, 3.63) is 58.7 Å². The largest absolute Gasteiger partial charge is 0.479 e. The molecule has 0 spiro atoms. The fourth-order valence-corrected chi connectivity index (χ4v) is 5.20. The number of nitrogens with one attached hydrogen (secondary N) is 1. The maximum absolute atomic E-state index is 12.9. The van der Waals surface area contributed by atoms with Crippen molar-refractivity contribution in [1.82, 2.24) is 15.0 Å². The molecule has 0 saturated carbocycles. The van der Waals surface area contributed by atoms with E-state index in [1.165, 1.54) is 22.7 Å². The summed E-state index contributed by atoms with van der Waals surface area (Å²) in [6.45, 7) is 3.55. The van der Waals surface area contributed by atoms with Gasteiger partial charge in [-0.05, 0) is 44.2 Å². The summed E-state index contributed by atoms with van der Waals surface area (Å²) in [5.41, 5.74) is 3.81. The second-order valence-electron chi connectivity index (χ2n) is 7.50. The lowest BCUT2D eigenvalue weighted by Gasteiger charge is -2.30. The second-order valence-corrected chi connectivity index (χ2v) is 9.36. The average molecular weight is 478 g/mol. The summed E-state index contributed by atoms with van der Waals surface area (Å²) >= 11 is 2.67. The van der Waals surface area contributed by atoms with Gasteiger partial charge in [-0.3, -0.25) is 19.9 Å². The second kappa shape index (κ2) is 8.38. The van der Waals surface area contributed by atoms with Crippen LogP contribution in [0.3, 0.4) is 0 Å². The first-order chi connectivity index (χ1) is 15.9. The standard InChI is InChI=1S/C23H19N5O3S2/c1-12-19(33-21(25-12)14-6-8-24-9-7-14)20(29)27-23-26-16(11-32-23)15-4-5-18-17(10-15)28(3)22(30)13(2)31-18/h4-11,13H,1-3H3,(H,26,27,29). The maximum Gasteiger partial charge on any atom is 0.269 e. The predicted molar refractivity (Wildman–Crippen MR) is 129 cm³/mol. The van der Waals surface area contributed by atoms with E-state index in [1.807, 2.05) is 42.6 Å². The normalized spacial score (nSPS) is 15.2. The third kappa shape index (κ3) is 3.98. The zero-order valence-electron chi connectivity index (χ0n) is 18.0. The number of hydrogen-bond donors (Lipinski definition) is 1. The predicted octanol–water partition coefficient (Wildman–Crippen LogP) is 4.63. The number of nitrogens with zero attached hydrogens (tertiary/aromatic N) is 4. The summed E-state index contributed by atoms with van der Waals surface area (Å²) in [5, 5.41) is 6.00. The number of pyridine rings is 1. The Bertz CT molecular complexity index is 1370. The van der Waals surface area contributed by atoms with Crippen molar-refractivity contribution in [1.29, 1.82) is 0 Å². The molecule has 8 nitrogen and oxygen atoms in total. The van der Waals surface area contributed by atoms with Gasteiger partial charge in [0.1, 0.15) is 15.6 Å². The number of thiazole rings is 2. The Morgan fingerprint density at radius 3 is 2.73 bits per heavy atom. The summed E-state index contributed by atoms with van der Waals surface area (Å²) in [6, 6.07) is 9.33. The van der Waals surface area contributed by atoms with Gasteiger partial charge in [0.25, 0.3) is 11.8 Å². The molecule has 4 heterocycles. The fraction of sp³-hybridized carbons (Fsp3) is 0.174. The van der Waals surface area contributed by atoms with Gasteiger partial charge in [0.05, 0.1) is 17.1 Å². The van der Waals surface area contributed by atoms with Gasteiger partial charge in [0.2, 0.25) is 0 Å². The van der Waals surface area contributed by atoms with Gasteiger partial charge in [-0.1, -0.05) is 0 Å². The van der Waals surface area contributed by atoms with E-state index in [-0.39, 0.29) is 11.8 Å². The molecule has 10 heteroatoms. The molecule has 4 aromatic rings. The number of carbonyl (C=O) groups excluding carboxylic acids is 2. The number of carbonyl (C=O) groups is 2. The summed E-state index contributed by atoms with van der Waals surface area (Å²) in [5.74, 6) is 0.309. The number of rotatable bonds is 4. The fourth-order valence-electron chi connectivity index (χ4n) is 3.51. The van der Waals surface area contributed by atoms with Crippen molar-refractivity contribution in [3.63, 3.8) is 0 Å². The first-order valence-electron chi connectivity index (χ1n) is 10.1. The molecule has 1 unspecified atom stereocenters. The highest BCUT2D eigenvalue weighted by atomic mass is 32.1. The molecule has 0 bridgehead atoms. The SMILES string of the molecule is Cc1nc(-c2ccncc2)sc1C(=O)Nc1nc(-c2ccc3c(c2)N(C)C(=O)C(C)O3)cs1. The van der Waals surface area contributed by atoms with E-state index in [0.717, 1.165) is 16.1 Å². The minimum absolute atomic E-state index is 0.100. The maximum atomic E-state index is 12.9. The Labute approximate surface area is 197 Å². The first-order valence-corrected chi connectivity index (χ1v) is 11.8. The molecule has 1 aliphatic heterocycles. The Balaban J connectivity index is 1.36. The Hall–Kier alpha value is -3.63. The monoisotopic (exact) mass is 477 g/mol. The van der Waals surface area contributed by atoms with Crippen LogP contribution in [0, 0.1) is 6.92 Å². The van der Waals surface area contributed by atoms with Crippen molar-refractivity contribution in [2.24, 2.45) is 0 Å². The van der Waals surface area contributed by atoms with Crippen LogP contribution in [0.2, 0.25) is 0 Å². The summed E-state index contributed by atoms with van der Waals surface area (Å²) in [7, 11) is 1.73. The van der Waals surface area contributed by atoms with Crippen LogP contribution in [-0.4, -0.2) is 39.9 Å². The minimum atomic E-state index is -0.510. The molecule has 0 saturated heterocycles. The number of aromatic nitrogens is 3. The number of likely N-dealkylation sites (N-methyl/N-ethyl adjacent to an activating group) is 1. The molecule has 0 radical (unpaired) electrons. The number of anilines is 2. The number of fused-ring (bicyclic) bond motifs is 1. The van der Waals surface area contributed by atoms with Crippen LogP contribution in [-0.2, 0) is 4.79 Å². The number of amides is 2. The highest BCUT2D eigenvalue weighted by Gasteiger charge is 2.29. The van der Waals surface area contributed by atoms with Crippen LogP contribution in [0.5, 0.6) is 5.75 Å². The molecule has 0 fully saturated rings. The van der Waals surface area contributed by atoms with Crippen molar-refractivity contribution < 1.29 is 14.3 Å². The van der Waals surface area contributed by atoms with Gasteiger partial charge in [-0.2, -0.15) is 0 Å². The molecular weight excluding hydrogens is 458 g/mol. The quantitative estimate of drug-likeness (QED) is 0.460. The van der Waals surface area contributed by atoms with Crippen LogP contribution < -0.4 is 15.0 Å². The number of benzene rings is 1. The van der Waals surface area contributed by atoms with Crippen LogP contribution in [0.15, 0.2) is 48.1 Å². The van der Waals surface area contributed by atoms with Crippen molar-refractivity contribution >= 4 is 45.3 Å². The third-order valence-electron chi connectivity index (χ3n) is 5.25. The molecule has 2 amide bonds. The van der Waals surface area contributed by atoms with Crippen molar-refractivity contribution in [2.45, 2.75) is 20.0 Å². The topological polar surface area (TPSA) is 97.3 Å². The van der Waals surface area contributed by atoms with E-state index in [1.54, 1.807) is 31.3 Å². The molecular formula is C23H19N5O3S2. The summed E-state index contributed by atoms with van der Waals surface area (Å²) in [4.78, 5) is 40.4. The first kappa shape index (κ1) is 21.2. The van der Waals surface area contributed by atoms with Gasteiger partial charge in [-0.15, -0.1) is 22.7 Å². The lowest BCUT2D eigenvalue weighted by Crippen LogP contribution is -2.41. The van der Waals surface area contributed by atoms with E-state index in [0.29, 0.717) is 32.8 Å². The van der Waals surface area contributed by atoms with Crippen LogP contribution in [0.4, 0.5) is 10.8 Å².